The van der Waals surface area contributed by atoms with Gasteiger partial charge in [0.1, 0.15) is 23.7 Å². The Morgan fingerprint density at radius 1 is 0.975 bits per heavy atom. The first-order valence-electron chi connectivity index (χ1n) is 14.4. The number of H-pyrrole nitrogens is 1. The van der Waals surface area contributed by atoms with Crippen molar-refractivity contribution in [2.75, 3.05) is 49.5 Å². The molecule has 4 aromatic rings. The lowest BCUT2D eigenvalue weighted by Crippen LogP contribution is -2.47. The molecule has 7 heteroatoms. The lowest BCUT2D eigenvalue weighted by Gasteiger charge is -2.36. The second-order valence-corrected chi connectivity index (χ2v) is 11.8. The number of rotatable bonds is 9. The lowest BCUT2D eigenvalue weighted by atomic mass is 9.92. The molecule has 210 valence electrons. The predicted octanol–water partition coefficient (Wildman–Crippen LogP) is 6.37. The number of aromatic amines is 1. The van der Waals surface area contributed by atoms with Gasteiger partial charge in [-0.15, -0.1) is 0 Å². The Morgan fingerprint density at radius 2 is 1.70 bits per heavy atom. The van der Waals surface area contributed by atoms with Gasteiger partial charge in [0.2, 0.25) is 5.91 Å². The molecule has 5 rings (SSSR count). The standard InChI is InChI=1S/C33H41N5O2/c1-5-24-9-11-25(12-10-24)32-35-28-7-6-8-29(31(28)36-32)38-19-17-37(18-20-38)21-22-40-27-15-13-26(14-16-27)34-30(39)23-33(2,3)4/h6-16H,5,17-23H2,1-4H3,(H,34,39)(H,35,36). The molecule has 0 atom stereocenters. The van der Waals surface area contributed by atoms with Crippen molar-refractivity contribution in [1.82, 2.24) is 14.9 Å². The van der Waals surface area contributed by atoms with Crippen molar-refractivity contribution in [1.29, 1.82) is 0 Å². The molecule has 1 aromatic heterocycles. The third kappa shape index (κ3) is 7.02. The summed E-state index contributed by atoms with van der Waals surface area (Å²) in [5.74, 6) is 1.77. The van der Waals surface area contributed by atoms with Crippen LogP contribution in [0, 0.1) is 5.41 Å². The number of imidazole rings is 1. The van der Waals surface area contributed by atoms with Gasteiger partial charge in [-0.3, -0.25) is 9.69 Å². The Kier molecular flexibility index (Phi) is 8.40. The molecule has 40 heavy (non-hydrogen) atoms. The molecule has 2 heterocycles. The van der Waals surface area contributed by atoms with Crippen molar-refractivity contribution in [3.8, 4) is 17.1 Å². The van der Waals surface area contributed by atoms with Crippen LogP contribution in [0.2, 0.25) is 0 Å². The van der Waals surface area contributed by atoms with Crippen molar-refractivity contribution in [2.45, 2.75) is 40.5 Å². The maximum Gasteiger partial charge on any atom is 0.224 e. The van der Waals surface area contributed by atoms with Crippen molar-refractivity contribution < 1.29 is 9.53 Å². The Bertz CT molecular complexity index is 1410. The molecule has 0 bridgehead atoms. The van der Waals surface area contributed by atoms with Gasteiger partial charge in [0.05, 0.1) is 11.2 Å². The molecule has 0 aliphatic carbocycles. The third-order valence-corrected chi connectivity index (χ3v) is 7.35. The van der Waals surface area contributed by atoms with Crippen LogP contribution in [0.15, 0.2) is 66.7 Å². The minimum absolute atomic E-state index is 0.0320. The second kappa shape index (κ2) is 12.1. The smallest absolute Gasteiger partial charge is 0.224 e. The summed E-state index contributed by atoms with van der Waals surface area (Å²) in [6.07, 6.45) is 1.53. The van der Waals surface area contributed by atoms with Crippen LogP contribution in [0.25, 0.3) is 22.4 Å². The van der Waals surface area contributed by atoms with Crippen molar-refractivity contribution in [2.24, 2.45) is 5.41 Å². The zero-order valence-electron chi connectivity index (χ0n) is 24.2. The van der Waals surface area contributed by atoms with Crippen molar-refractivity contribution in [3.05, 3.63) is 72.3 Å². The summed E-state index contributed by atoms with van der Waals surface area (Å²) in [7, 11) is 0. The number of carbonyl (C=O) groups excluding carboxylic acids is 1. The van der Waals surface area contributed by atoms with E-state index in [1.54, 1.807) is 0 Å². The van der Waals surface area contributed by atoms with E-state index in [9.17, 15) is 4.79 Å². The fraction of sp³-hybridized carbons (Fsp3) is 0.394. The number of benzene rings is 3. The maximum atomic E-state index is 12.2. The van der Waals surface area contributed by atoms with Gasteiger partial charge in [0, 0.05) is 50.4 Å². The number of fused-ring (bicyclic) bond motifs is 1. The van der Waals surface area contributed by atoms with Gasteiger partial charge in [0.15, 0.2) is 0 Å². The zero-order chi connectivity index (χ0) is 28.1. The highest BCUT2D eigenvalue weighted by molar-refractivity contribution is 5.91. The van der Waals surface area contributed by atoms with E-state index in [4.69, 9.17) is 9.72 Å². The average Bonchev–Trinajstić information content (AvgIpc) is 3.38. The number of ether oxygens (including phenoxy) is 1. The molecular weight excluding hydrogens is 498 g/mol. The molecule has 0 unspecified atom stereocenters. The van der Waals surface area contributed by atoms with Crippen LogP contribution in [-0.2, 0) is 11.2 Å². The van der Waals surface area contributed by atoms with Crippen LogP contribution in [0.3, 0.4) is 0 Å². The van der Waals surface area contributed by atoms with E-state index in [-0.39, 0.29) is 11.3 Å². The van der Waals surface area contributed by atoms with E-state index >= 15 is 0 Å². The number of amides is 1. The van der Waals surface area contributed by atoms with Gasteiger partial charge in [-0.2, -0.15) is 0 Å². The fourth-order valence-electron chi connectivity index (χ4n) is 5.13. The Morgan fingerprint density at radius 3 is 2.38 bits per heavy atom. The van der Waals surface area contributed by atoms with Crippen molar-refractivity contribution in [3.63, 3.8) is 0 Å². The third-order valence-electron chi connectivity index (χ3n) is 7.35. The number of anilines is 2. The Hall–Kier alpha value is -3.84. The molecule has 0 saturated carbocycles. The molecule has 1 amide bonds. The normalized spacial score (nSPS) is 14.4. The molecule has 7 nitrogen and oxygen atoms in total. The second-order valence-electron chi connectivity index (χ2n) is 11.8. The molecule has 2 N–H and O–H groups in total. The Balaban J connectivity index is 1.11. The van der Waals surface area contributed by atoms with E-state index in [2.05, 4.69) is 90.3 Å². The van der Waals surface area contributed by atoms with Crippen LogP contribution >= 0.6 is 0 Å². The first kappa shape index (κ1) is 27.7. The minimum atomic E-state index is -0.0320. The lowest BCUT2D eigenvalue weighted by molar-refractivity contribution is -0.117. The quantitative estimate of drug-likeness (QED) is 0.259. The SMILES string of the molecule is CCc1ccc(-c2nc3c(N4CCN(CCOc5ccc(NC(=O)CC(C)(C)C)cc5)CC4)cccc3[nH]2)cc1. The molecule has 1 aliphatic rings. The Labute approximate surface area is 237 Å². The van der Waals surface area contributed by atoms with Gasteiger partial charge < -0.3 is 19.9 Å². The fourth-order valence-corrected chi connectivity index (χ4v) is 5.13. The number of aryl methyl sites for hydroxylation is 1. The molecule has 1 fully saturated rings. The number of aromatic nitrogens is 2. The van der Waals surface area contributed by atoms with Crippen LogP contribution in [0.5, 0.6) is 5.75 Å². The molecule has 0 radical (unpaired) electrons. The summed E-state index contributed by atoms with van der Waals surface area (Å²) < 4.78 is 6.00. The first-order chi connectivity index (χ1) is 19.3. The number of piperazine rings is 1. The van der Waals surface area contributed by atoms with Crippen LogP contribution in [0.4, 0.5) is 11.4 Å². The van der Waals surface area contributed by atoms with Crippen molar-refractivity contribution >= 4 is 28.3 Å². The topological polar surface area (TPSA) is 73.5 Å². The van der Waals surface area contributed by atoms with Crippen LogP contribution in [0.1, 0.15) is 39.7 Å². The van der Waals surface area contributed by atoms with Gasteiger partial charge >= 0.3 is 0 Å². The highest BCUT2D eigenvalue weighted by Crippen LogP contribution is 2.29. The van der Waals surface area contributed by atoms with Gasteiger partial charge in [-0.05, 0) is 53.8 Å². The van der Waals surface area contributed by atoms with E-state index < -0.39 is 0 Å². The highest BCUT2D eigenvalue weighted by Gasteiger charge is 2.20. The summed E-state index contributed by atoms with van der Waals surface area (Å²) in [5.41, 5.74) is 6.51. The largest absolute Gasteiger partial charge is 0.492 e. The van der Waals surface area contributed by atoms with Gasteiger partial charge in [0.25, 0.3) is 0 Å². The molecule has 3 aromatic carbocycles. The number of hydrogen-bond donors (Lipinski definition) is 2. The molecule has 1 saturated heterocycles. The summed E-state index contributed by atoms with van der Waals surface area (Å²) in [4.78, 5) is 25.6. The maximum absolute atomic E-state index is 12.2. The number of nitrogens with zero attached hydrogens (tertiary/aromatic N) is 3. The number of hydrogen-bond acceptors (Lipinski definition) is 5. The monoisotopic (exact) mass is 539 g/mol. The summed E-state index contributed by atoms with van der Waals surface area (Å²) in [6.45, 7) is 13.7. The summed E-state index contributed by atoms with van der Waals surface area (Å²) >= 11 is 0. The number of carbonyl (C=O) groups is 1. The van der Waals surface area contributed by atoms with Crippen LogP contribution in [-0.4, -0.2) is 60.1 Å². The molecular formula is C33H41N5O2. The van der Waals surface area contributed by atoms with E-state index in [1.807, 2.05) is 24.3 Å². The van der Waals surface area contributed by atoms with Gasteiger partial charge in [-0.1, -0.05) is 58.0 Å². The number of nitrogens with one attached hydrogen (secondary N) is 2. The van der Waals surface area contributed by atoms with E-state index in [0.717, 1.165) is 73.0 Å². The van der Waals surface area contributed by atoms with Crippen LogP contribution < -0.4 is 15.0 Å². The van der Waals surface area contributed by atoms with E-state index in [0.29, 0.717) is 13.0 Å². The highest BCUT2D eigenvalue weighted by atomic mass is 16.5. The summed E-state index contributed by atoms with van der Waals surface area (Å²) in [5, 5.41) is 2.96. The number of para-hydroxylation sites is 1. The molecule has 1 aliphatic heterocycles. The summed E-state index contributed by atoms with van der Waals surface area (Å²) in [6, 6.07) is 22.7. The van der Waals surface area contributed by atoms with E-state index in [1.165, 1.54) is 11.3 Å². The zero-order valence-corrected chi connectivity index (χ0v) is 24.2. The average molecular weight is 540 g/mol. The minimum Gasteiger partial charge on any atom is -0.492 e. The first-order valence-corrected chi connectivity index (χ1v) is 14.4. The molecule has 0 spiro atoms. The van der Waals surface area contributed by atoms with Gasteiger partial charge in [-0.25, -0.2) is 4.98 Å². The predicted molar refractivity (Wildman–Crippen MR) is 164 cm³/mol.